The van der Waals surface area contributed by atoms with Gasteiger partial charge in [0.25, 0.3) is 11.8 Å². The summed E-state index contributed by atoms with van der Waals surface area (Å²) in [5.74, 6) is -1.36. The number of terminal acetylenes is 1. The number of ether oxygens (including phenoxy) is 1. The number of nitrogens with zero attached hydrogens (tertiary/aromatic N) is 1. The summed E-state index contributed by atoms with van der Waals surface area (Å²) in [5, 5.41) is 15.3. The molecular formula is C26H31N3O5. The van der Waals surface area contributed by atoms with Crippen LogP contribution in [-0.2, 0) is 14.3 Å². The molecule has 0 aliphatic rings. The highest BCUT2D eigenvalue weighted by molar-refractivity contribution is 6.00. The molecule has 34 heavy (non-hydrogen) atoms. The van der Waals surface area contributed by atoms with E-state index in [1.807, 2.05) is 32.0 Å². The minimum Gasteiger partial charge on any atom is -0.508 e. The van der Waals surface area contributed by atoms with Gasteiger partial charge in [-0.3, -0.25) is 14.5 Å². The molecule has 0 fully saturated rings. The molecule has 2 atom stereocenters. The van der Waals surface area contributed by atoms with Crippen LogP contribution in [0, 0.1) is 26.3 Å². The van der Waals surface area contributed by atoms with E-state index >= 15 is 0 Å². The number of phenols is 1. The fraction of sp³-hybridized carbons (Fsp3) is 0.346. The average Bonchev–Trinajstić information content (AvgIpc) is 2.72. The Balaban J connectivity index is 2.40. The number of rotatable bonds is 6. The van der Waals surface area contributed by atoms with Crippen molar-refractivity contribution in [1.29, 1.82) is 0 Å². The lowest BCUT2D eigenvalue weighted by Crippen LogP contribution is -2.49. The van der Waals surface area contributed by atoms with Crippen LogP contribution in [0.3, 0.4) is 0 Å². The molecule has 0 spiro atoms. The standard InChI is InChI=1S/C26H31N3O5/c1-8-29(24(32)18(4)27-25(33)34-26(5,6)7)22(19-13-10-14-20(30)15-19)23(31)28-21-16(2)11-9-12-17(21)3/h1,9-15,18,22,30H,2-7H3,(H,27,33)(H,28,31). The summed E-state index contributed by atoms with van der Waals surface area (Å²) in [6, 6.07) is 11.4. The maximum atomic E-state index is 13.5. The molecule has 0 aliphatic heterocycles. The number of para-hydroxylation sites is 1. The van der Waals surface area contributed by atoms with E-state index in [-0.39, 0.29) is 5.75 Å². The summed E-state index contributed by atoms with van der Waals surface area (Å²) in [6.07, 6.45) is 4.89. The Morgan fingerprint density at radius 1 is 1.09 bits per heavy atom. The molecule has 2 aromatic carbocycles. The number of phenolic OH excluding ortho intramolecular Hbond substituents is 1. The molecule has 0 radical (unpaired) electrons. The number of benzene rings is 2. The van der Waals surface area contributed by atoms with E-state index in [4.69, 9.17) is 11.2 Å². The molecule has 0 aromatic heterocycles. The summed E-state index contributed by atoms with van der Waals surface area (Å²) in [4.78, 5) is 39.8. The second-order valence-corrected chi connectivity index (χ2v) is 8.96. The third-order valence-corrected chi connectivity index (χ3v) is 4.90. The van der Waals surface area contributed by atoms with Crippen LogP contribution in [0.15, 0.2) is 42.5 Å². The van der Waals surface area contributed by atoms with Crippen LogP contribution in [0.1, 0.15) is 50.4 Å². The molecule has 8 heteroatoms. The monoisotopic (exact) mass is 465 g/mol. The highest BCUT2D eigenvalue weighted by Gasteiger charge is 2.34. The molecule has 3 N–H and O–H groups in total. The third-order valence-electron chi connectivity index (χ3n) is 4.90. The van der Waals surface area contributed by atoms with Crippen LogP contribution in [0.4, 0.5) is 10.5 Å². The van der Waals surface area contributed by atoms with Gasteiger partial charge >= 0.3 is 6.09 Å². The Hall–Kier alpha value is -3.99. The van der Waals surface area contributed by atoms with E-state index < -0.39 is 35.6 Å². The first-order valence-corrected chi connectivity index (χ1v) is 10.8. The van der Waals surface area contributed by atoms with Crippen LogP contribution in [0.25, 0.3) is 0 Å². The van der Waals surface area contributed by atoms with Gasteiger partial charge in [-0.2, -0.15) is 0 Å². The quantitative estimate of drug-likeness (QED) is 0.441. The topological polar surface area (TPSA) is 108 Å². The molecule has 0 heterocycles. The van der Waals surface area contributed by atoms with E-state index in [0.29, 0.717) is 11.3 Å². The predicted octanol–water partition coefficient (Wildman–Crippen LogP) is 4.02. The molecular weight excluding hydrogens is 434 g/mol. The van der Waals surface area contributed by atoms with Crippen LogP contribution in [0.5, 0.6) is 5.75 Å². The molecule has 2 unspecified atom stereocenters. The average molecular weight is 466 g/mol. The normalized spacial score (nSPS) is 12.6. The summed E-state index contributed by atoms with van der Waals surface area (Å²) >= 11 is 0. The van der Waals surface area contributed by atoms with Crippen molar-refractivity contribution in [3.8, 4) is 18.2 Å². The van der Waals surface area contributed by atoms with Gasteiger partial charge in [0, 0.05) is 11.7 Å². The highest BCUT2D eigenvalue weighted by Crippen LogP contribution is 2.28. The van der Waals surface area contributed by atoms with Gasteiger partial charge in [-0.05, 0) is 70.4 Å². The second-order valence-electron chi connectivity index (χ2n) is 8.96. The van der Waals surface area contributed by atoms with E-state index in [9.17, 15) is 19.5 Å². The Morgan fingerprint density at radius 2 is 1.68 bits per heavy atom. The van der Waals surface area contributed by atoms with Crippen LogP contribution in [-0.4, -0.2) is 39.6 Å². The minimum absolute atomic E-state index is 0.0910. The van der Waals surface area contributed by atoms with Gasteiger partial charge in [-0.15, -0.1) is 0 Å². The van der Waals surface area contributed by atoms with Crippen molar-refractivity contribution in [1.82, 2.24) is 10.2 Å². The number of carbonyl (C=O) groups excluding carboxylic acids is 3. The zero-order chi connectivity index (χ0) is 25.6. The highest BCUT2D eigenvalue weighted by atomic mass is 16.6. The van der Waals surface area contributed by atoms with Gasteiger partial charge in [-0.1, -0.05) is 36.8 Å². The molecule has 0 saturated heterocycles. The maximum absolute atomic E-state index is 13.5. The zero-order valence-electron chi connectivity index (χ0n) is 20.3. The van der Waals surface area contributed by atoms with E-state index in [1.54, 1.807) is 32.9 Å². The number of hydrogen-bond acceptors (Lipinski definition) is 5. The molecule has 2 rings (SSSR count). The van der Waals surface area contributed by atoms with Crippen LogP contribution >= 0.6 is 0 Å². The minimum atomic E-state index is -1.27. The van der Waals surface area contributed by atoms with Crippen molar-refractivity contribution in [3.05, 3.63) is 59.2 Å². The Kier molecular flexibility index (Phi) is 8.31. The number of amides is 3. The SMILES string of the molecule is C#CN(C(=O)C(C)NC(=O)OC(C)(C)C)C(C(=O)Nc1c(C)cccc1C)c1cccc(O)c1. The molecule has 3 amide bonds. The lowest BCUT2D eigenvalue weighted by atomic mass is 10.0. The summed E-state index contributed by atoms with van der Waals surface area (Å²) < 4.78 is 5.20. The van der Waals surface area contributed by atoms with Crippen LogP contribution in [0.2, 0.25) is 0 Å². The lowest BCUT2D eigenvalue weighted by Gasteiger charge is -2.29. The van der Waals surface area contributed by atoms with Gasteiger partial charge in [0.05, 0.1) is 0 Å². The molecule has 0 saturated carbocycles. The van der Waals surface area contributed by atoms with Gasteiger partial charge < -0.3 is 20.5 Å². The first-order valence-electron chi connectivity index (χ1n) is 10.8. The molecule has 2 aromatic rings. The fourth-order valence-electron chi connectivity index (χ4n) is 3.34. The van der Waals surface area contributed by atoms with E-state index in [2.05, 4.69) is 16.7 Å². The first-order chi connectivity index (χ1) is 15.8. The van der Waals surface area contributed by atoms with E-state index in [0.717, 1.165) is 16.0 Å². The van der Waals surface area contributed by atoms with Crippen molar-refractivity contribution < 1.29 is 24.2 Å². The molecule has 180 valence electrons. The van der Waals surface area contributed by atoms with Gasteiger partial charge in [-0.25, -0.2) is 4.79 Å². The van der Waals surface area contributed by atoms with Crippen molar-refractivity contribution in [2.24, 2.45) is 0 Å². The van der Waals surface area contributed by atoms with Gasteiger partial charge in [0.2, 0.25) is 0 Å². The number of anilines is 1. The molecule has 0 aliphatic carbocycles. The number of carbonyl (C=O) groups is 3. The largest absolute Gasteiger partial charge is 0.508 e. The molecule has 8 nitrogen and oxygen atoms in total. The second kappa shape index (κ2) is 10.8. The van der Waals surface area contributed by atoms with Crippen molar-refractivity contribution in [3.63, 3.8) is 0 Å². The lowest BCUT2D eigenvalue weighted by molar-refractivity contribution is -0.136. The number of hydrogen-bond donors (Lipinski definition) is 3. The number of aromatic hydroxyl groups is 1. The number of alkyl carbamates (subject to hydrolysis) is 1. The Bertz CT molecular complexity index is 1090. The Labute approximate surface area is 200 Å². The fourth-order valence-corrected chi connectivity index (χ4v) is 3.34. The van der Waals surface area contributed by atoms with Gasteiger partial charge in [0.1, 0.15) is 23.4 Å². The van der Waals surface area contributed by atoms with Gasteiger partial charge in [0.15, 0.2) is 0 Å². The predicted molar refractivity (Wildman–Crippen MR) is 130 cm³/mol. The zero-order valence-corrected chi connectivity index (χ0v) is 20.3. The maximum Gasteiger partial charge on any atom is 0.408 e. The molecule has 0 bridgehead atoms. The third kappa shape index (κ3) is 6.75. The van der Waals surface area contributed by atoms with E-state index in [1.165, 1.54) is 19.1 Å². The summed E-state index contributed by atoms with van der Waals surface area (Å²) in [7, 11) is 0. The number of aryl methyl sites for hydroxylation is 2. The van der Waals surface area contributed by atoms with Crippen molar-refractivity contribution >= 4 is 23.6 Å². The van der Waals surface area contributed by atoms with Crippen molar-refractivity contribution in [2.45, 2.75) is 59.2 Å². The van der Waals surface area contributed by atoms with Crippen LogP contribution < -0.4 is 10.6 Å². The smallest absolute Gasteiger partial charge is 0.408 e. The first kappa shape index (κ1) is 26.3. The summed E-state index contributed by atoms with van der Waals surface area (Å²) in [6.45, 7) is 10.2. The van der Waals surface area contributed by atoms with Crippen molar-refractivity contribution in [2.75, 3.05) is 5.32 Å². The summed E-state index contributed by atoms with van der Waals surface area (Å²) in [5.41, 5.74) is 1.82. The Morgan fingerprint density at radius 3 is 2.21 bits per heavy atom. The number of nitrogens with one attached hydrogen (secondary N) is 2.